The lowest BCUT2D eigenvalue weighted by molar-refractivity contribution is -0.129. The van der Waals surface area contributed by atoms with Crippen LogP contribution in [0.2, 0.25) is 0 Å². The fourth-order valence-corrected chi connectivity index (χ4v) is 4.23. The summed E-state index contributed by atoms with van der Waals surface area (Å²) in [5.41, 5.74) is 2.90. The summed E-state index contributed by atoms with van der Waals surface area (Å²) in [5, 5.41) is 6.92. The molecule has 1 aromatic carbocycles. The molecule has 1 amide bonds. The maximum absolute atomic E-state index is 11.9. The van der Waals surface area contributed by atoms with Crippen molar-refractivity contribution in [3.63, 3.8) is 0 Å². The number of fused-ring (bicyclic) bond motifs is 1. The van der Waals surface area contributed by atoms with Gasteiger partial charge >= 0.3 is 0 Å². The number of nitrogens with one attached hydrogen (secondary N) is 2. The Labute approximate surface area is 175 Å². The standard InChI is InChI=1S/C23H37N5O/c1-5-21(29)27-13-12-20(16-27)26-22(24-6-2)25-17-23(3,4)28-14-11-18-9-7-8-10-19(18)15-28/h7-10,20H,5-6,11-17H2,1-4H3,(H2,24,25,26). The van der Waals surface area contributed by atoms with Crippen molar-refractivity contribution in [3.8, 4) is 0 Å². The predicted octanol–water partition coefficient (Wildman–Crippen LogP) is 2.39. The number of aliphatic imine (C=N–C) groups is 1. The van der Waals surface area contributed by atoms with E-state index in [1.54, 1.807) is 0 Å². The molecular weight excluding hydrogens is 362 g/mol. The monoisotopic (exact) mass is 399 g/mol. The van der Waals surface area contributed by atoms with Gasteiger partial charge in [-0.25, -0.2) is 0 Å². The Balaban J connectivity index is 1.60. The maximum atomic E-state index is 11.9. The number of carbonyl (C=O) groups excluding carboxylic acids is 1. The van der Waals surface area contributed by atoms with Crippen LogP contribution in [0, 0.1) is 0 Å². The molecule has 2 heterocycles. The Kier molecular flexibility index (Phi) is 7.17. The number of carbonyl (C=O) groups is 1. The van der Waals surface area contributed by atoms with Gasteiger partial charge in [-0.3, -0.25) is 14.7 Å². The molecule has 2 aliphatic heterocycles. The second-order valence-corrected chi connectivity index (χ2v) is 8.77. The number of benzene rings is 1. The van der Waals surface area contributed by atoms with Gasteiger partial charge in [-0.1, -0.05) is 31.2 Å². The first-order valence-electron chi connectivity index (χ1n) is 11.1. The van der Waals surface area contributed by atoms with Crippen LogP contribution in [0.15, 0.2) is 29.3 Å². The van der Waals surface area contributed by atoms with Crippen molar-refractivity contribution in [1.82, 2.24) is 20.4 Å². The molecule has 2 N–H and O–H groups in total. The Bertz CT molecular complexity index is 730. The molecule has 6 heteroatoms. The first-order valence-corrected chi connectivity index (χ1v) is 11.1. The van der Waals surface area contributed by atoms with E-state index in [0.29, 0.717) is 6.42 Å². The van der Waals surface area contributed by atoms with E-state index in [0.717, 1.165) is 58.1 Å². The van der Waals surface area contributed by atoms with Crippen LogP contribution in [0.3, 0.4) is 0 Å². The number of hydrogen-bond donors (Lipinski definition) is 2. The smallest absolute Gasteiger partial charge is 0.222 e. The third-order valence-corrected chi connectivity index (χ3v) is 6.14. The fraction of sp³-hybridized carbons (Fsp3) is 0.652. The predicted molar refractivity (Wildman–Crippen MR) is 119 cm³/mol. The lowest BCUT2D eigenvalue weighted by atomic mass is 9.94. The zero-order chi connectivity index (χ0) is 20.9. The summed E-state index contributed by atoms with van der Waals surface area (Å²) in [6.07, 6.45) is 2.65. The second-order valence-electron chi connectivity index (χ2n) is 8.77. The van der Waals surface area contributed by atoms with E-state index >= 15 is 0 Å². The van der Waals surface area contributed by atoms with Crippen LogP contribution >= 0.6 is 0 Å². The van der Waals surface area contributed by atoms with Gasteiger partial charge in [0.15, 0.2) is 5.96 Å². The molecule has 1 aromatic rings. The minimum absolute atomic E-state index is 0.0181. The minimum Gasteiger partial charge on any atom is -0.357 e. The first kappa shape index (κ1) is 21.6. The number of nitrogens with zero attached hydrogens (tertiary/aromatic N) is 3. The van der Waals surface area contributed by atoms with Crippen LogP contribution in [-0.4, -0.2) is 66.0 Å². The van der Waals surface area contributed by atoms with Crippen LogP contribution in [0.4, 0.5) is 0 Å². The van der Waals surface area contributed by atoms with Crippen LogP contribution in [-0.2, 0) is 17.8 Å². The molecule has 160 valence electrons. The summed E-state index contributed by atoms with van der Waals surface area (Å²) in [6.45, 7) is 13.8. The van der Waals surface area contributed by atoms with Gasteiger partial charge in [-0.05, 0) is 44.7 Å². The van der Waals surface area contributed by atoms with Crippen LogP contribution < -0.4 is 10.6 Å². The van der Waals surface area contributed by atoms with Crippen molar-refractivity contribution in [2.75, 3.05) is 32.7 Å². The zero-order valence-electron chi connectivity index (χ0n) is 18.5. The summed E-state index contributed by atoms with van der Waals surface area (Å²) in [7, 11) is 0. The van der Waals surface area contributed by atoms with E-state index < -0.39 is 0 Å². The normalized spacial score (nSPS) is 20.5. The number of hydrogen-bond acceptors (Lipinski definition) is 3. The lowest BCUT2D eigenvalue weighted by Crippen LogP contribution is -2.50. The van der Waals surface area contributed by atoms with E-state index in [4.69, 9.17) is 4.99 Å². The average Bonchev–Trinajstić information content (AvgIpc) is 3.20. The molecule has 1 atom stereocenters. The first-order chi connectivity index (χ1) is 13.9. The summed E-state index contributed by atoms with van der Waals surface area (Å²) in [4.78, 5) is 21.4. The van der Waals surface area contributed by atoms with Gasteiger partial charge in [0.1, 0.15) is 0 Å². The highest BCUT2D eigenvalue weighted by molar-refractivity contribution is 5.80. The van der Waals surface area contributed by atoms with E-state index in [2.05, 4.69) is 60.6 Å². The summed E-state index contributed by atoms with van der Waals surface area (Å²) in [6, 6.07) is 9.04. The number of guanidine groups is 1. The quantitative estimate of drug-likeness (QED) is 0.570. The van der Waals surface area contributed by atoms with Gasteiger partial charge < -0.3 is 15.5 Å². The summed E-state index contributed by atoms with van der Waals surface area (Å²) < 4.78 is 0. The molecule has 1 saturated heterocycles. The molecule has 1 unspecified atom stereocenters. The molecule has 1 fully saturated rings. The van der Waals surface area contributed by atoms with Crippen LogP contribution in [0.1, 0.15) is 51.7 Å². The lowest BCUT2D eigenvalue weighted by Gasteiger charge is -2.41. The third kappa shape index (κ3) is 5.50. The fourth-order valence-electron chi connectivity index (χ4n) is 4.23. The van der Waals surface area contributed by atoms with Crippen molar-refractivity contribution >= 4 is 11.9 Å². The minimum atomic E-state index is -0.0181. The molecule has 0 aliphatic carbocycles. The highest BCUT2D eigenvalue weighted by atomic mass is 16.2. The molecule has 0 aromatic heterocycles. The van der Waals surface area contributed by atoms with Gasteiger partial charge in [0.05, 0.1) is 6.54 Å². The summed E-state index contributed by atoms with van der Waals surface area (Å²) >= 11 is 0. The largest absolute Gasteiger partial charge is 0.357 e. The Hall–Kier alpha value is -2.08. The van der Waals surface area contributed by atoms with Gasteiger partial charge in [0, 0.05) is 50.7 Å². The number of likely N-dealkylation sites (tertiary alicyclic amines) is 1. The van der Waals surface area contributed by atoms with E-state index in [9.17, 15) is 4.79 Å². The zero-order valence-corrected chi connectivity index (χ0v) is 18.5. The molecule has 6 nitrogen and oxygen atoms in total. The summed E-state index contributed by atoms with van der Waals surface area (Å²) in [5.74, 6) is 1.09. The van der Waals surface area contributed by atoms with Gasteiger partial charge in [-0.2, -0.15) is 0 Å². The maximum Gasteiger partial charge on any atom is 0.222 e. The van der Waals surface area contributed by atoms with Crippen molar-refractivity contribution in [2.24, 2.45) is 4.99 Å². The Morgan fingerprint density at radius 3 is 2.69 bits per heavy atom. The van der Waals surface area contributed by atoms with Gasteiger partial charge in [0.25, 0.3) is 0 Å². The number of amides is 1. The van der Waals surface area contributed by atoms with Gasteiger partial charge in [0.2, 0.25) is 5.91 Å². The Morgan fingerprint density at radius 1 is 1.21 bits per heavy atom. The van der Waals surface area contributed by atoms with E-state index in [-0.39, 0.29) is 17.5 Å². The molecule has 0 spiro atoms. The molecule has 2 aliphatic rings. The molecule has 3 rings (SSSR count). The van der Waals surface area contributed by atoms with Crippen LogP contribution in [0.5, 0.6) is 0 Å². The van der Waals surface area contributed by atoms with Crippen molar-refractivity contribution in [3.05, 3.63) is 35.4 Å². The van der Waals surface area contributed by atoms with Crippen molar-refractivity contribution in [2.45, 2.75) is 65.1 Å². The third-order valence-electron chi connectivity index (χ3n) is 6.14. The molecule has 0 saturated carbocycles. The average molecular weight is 400 g/mol. The van der Waals surface area contributed by atoms with E-state index in [1.165, 1.54) is 11.1 Å². The van der Waals surface area contributed by atoms with Crippen LogP contribution in [0.25, 0.3) is 0 Å². The van der Waals surface area contributed by atoms with Gasteiger partial charge in [-0.15, -0.1) is 0 Å². The Morgan fingerprint density at radius 2 is 1.97 bits per heavy atom. The SMILES string of the molecule is CCNC(=NCC(C)(C)N1CCc2ccccc2C1)NC1CCN(C(=O)CC)C1. The highest BCUT2D eigenvalue weighted by Crippen LogP contribution is 2.25. The highest BCUT2D eigenvalue weighted by Gasteiger charge is 2.30. The van der Waals surface area contributed by atoms with E-state index in [1.807, 2.05) is 11.8 Å². The molecule has 0 radical (unpaired) electrons. The molecule has 29 heavy (non-hydrogen) atoms. The van der Waals surface area contributed by atoms with Crippen molar-refractivity contribution in [1.29, 1.82) is 0 Å². The topological polar surface area (TPSA) is 60.0 Å². The molecular formula is C23H37N5O. The van der Waals surface area contributed by atoms with Crippen molar-refractivity contribution < 1.29 is 4.79 Å². The molecule has 0 bridgehead atoms. The number of rotatable bonds is 6. The second kappa shape index (κ2) is 9.61.